The number of aromatic nitrogens is 3. The van der Waals surface area contributed by atoms with E-state index in [1.165, 1.54) is 0 Å². The maximum absolute atomic E-state index is 4.66. The van der Waals surface area contributed by atoms with Gasteiger partial charge in [0.05, 0.1) is 0 Å². The maximum Gasteiger partial charge on any atom is 0.227 e. The molecule has 1 fully saturated rings. The van der Waals surface area contributed by atoms with Crippen LogP contribution >= 0.6 is 0 Å². The van der Waals surface area contributed by atoms with Gasteiger partial charge in [0.1, 0.15) is 11.6 Å². The van der Waals surface area contributed by atoms with E-state index >= 15 is 0 Å². The van der Waals surface area contributed by atoms with Crippen molar-refractivity contribution in [1.82, 2.24) is 15.0 Å². The zero-order chi connectivity index (χ0) is 16.2. The summed E-state index contributed by atoms with van der Waals surface area (Å²) in [6.45, 7) is 9.91. The van der Waals surface area contributed by atoms with Gasteiger partial charge >= 0.3 is 0 Å². The lowest BCUT2D eigenvalue weighted by atomic mass is 10.3. The van der Waals surface area contributed by atoms with E-state index in [2.05, 4.69) is 50.0 Å². The van der Waals surface area contributed by atoms with Crippen molar-refractivity contribution >= 4 is 17.6 Å². The summed E-state index contributed by atoms with van der Waals surface area (Å²) >= 11 is 0. The zero-order valence-electron chi connectivity index (χ0n) is 14.0. The van der Waals surface area contributed by atoms with E-state index in [0.717, 1.165) is 49.5 Å². The SMILES string of the molecule is Cc1cc(NC(C)C)nc(N2CCN(c3ccccn3)CC2)n1. The van der Waals surface area contributed by atoms with Crippen LogP contribution in [0.15, 0.2) is 30.5 Å². The van der Waals surface area contributed by atoms with Gasteiger partial charge in [0.25, 0.3) is 0 Å². The fourth-order valence-electron chi connectivity index (χ4n) is 2.74. The van der Waals surface area contributed by atoms with Crippen LogP contribution in [-0.4, -0.2) is 47.2 Å². The van der Waals surface area contributed by atoms with Crippen LogP contribution in [0.4, 0.5) is 17.6 Å². The lowest BCUT2D eigenvalue weighted by Crippen LogP contribution is -2.47. The summed E-state index contributed by atoms with van der Waals surface area (Å²) in [6, 6.07) is 8.39. The first-order valence-corrected chi connectivity index (χ1v) is 8.15. The highest BCUT2D eigenvalue weighted by atomic mass is 15.3. The van der Waals surface area contributed by atoms with Crippen molar-refractivity contribution in [2.75, 3.05) is 41.3 Å². The van der Waals surface area contributed by atoms with Crippen LogP contribution in [0.5, 0.6) is 0 Å². The molecule has 122 valence electrons. The average molecular weight is 312 g/mol. The number of aryl methyl sites for hydroxylation is 1. The smallest absolute Gasteiger partial charge is 0.227 e. The molecule has 6 nitrogen and oxygen atoms in total. The van der Waals surface area contributed by atoms with E-state index in [0.29, 0.717) is 6.04 Å². The Balaban J connectivity index is 1.69. The molecule has 1 aliphatic rings. The number of piperazine rings is 1. The standard InChI is InChI=1S/C17H24N6/c1-13(2)19-15-12-14(3)20-17(21-15)23-10-8-22(9-11-23)16-6-4-5-7-18-16/h4-7,12-13H,8-11H2,1-3H3,(H,19,20,21). The number of hydrogen-bond acceptors (Lipinski definition) is 6. The molecule has 0 aromatic carbocycles. The zero-order valence-corrected chi connectivity index (χ0v) is 14.0. The summed E-state index contributed by atoms with van der Waals surface area (Å²) in [7, 11) is 0. The van der Waals surface area contributed by atoms with E-state index in [1.54, 1.807) is 0 Å². The summed E-state index contributed by atoms with van der Waals surface area (Å²) in [5, 5.41) is 3.36. The molecule has 2 aromatic rings. The van der Waals surface area contributed by atoms with Crippen molar-refractivity contribution in [3.63, 3.8) is 0 Å². The van der Waals surface area contributed by atoms with E-state index in [4.69, 9.17) is 0 Å². The Morgan fingerprint density at radius 3 is 2.43 bits per heavy atom. The first-order chi connectivity index (χ1) is 11.1. The Labute approximate surface area is 137 Å². The third-order valence-corrected chi connectivity index (χ3v) is 3.81. The molecule has 1 saturated heterocycles. The Morgan fingerprint density at radius 1 is 1.04 bits per heavy atom. The minimum atomic E-state index is 0.359. The molecule has 6 heteroatoms. The highest BCUT2D eigenvalue weighted by molar-refractivity contribution is 5.46. The van der Waals surface area contributed by atoms with E-state index in [9.17, 15) is 0 Å². The van der Waals surface area contributed by atoms with Gasteiger partial charge in [-0.3, -0.25) is 0 Å². The van der Waals surface area contributed by atoms with E-state index in [-0.39, 0.29) is 0 Å². The molecule has 0 radical (unpaired) electrons. The fraction of sp³-hybridized carbons (Fsp3) is 0.471. The van der Waals surface area contributed by atoms with Gasteiger partial charge in [-0.2, -0.15) is 4.98 Å². The van der Waals surface area contributed by atoms with Crippen molar-refractivity contribution in [2.45, 2.75) is 26.8 Å². The summed E-state index contributed by atoms with van der Waals surface area (Å²) in [5.41, 5.74) is 0.991. The lowest BCUT2D eigenvalue weighted by Gasteiger charge is -2.35. The van der Waals surface area contributed by atoms with Gasteiger partial charge in [0, 0.05) is 50.2 Å². The molecule has 0 atom stereocenters. The maximum atomic E-state index is 4.66. The molecular formula is C17H24N6. The molecule has 3 heterocycles. The molecule has 0 aliphatic carbocycles. The highest BCUT2D eigenvalue weighted by Gasteiger charge is 2.20. The van der Waals surface area contributed by atoms with Crippen molar-refractivity contribution in [3.8, 4) is 0 Å². The molecule has 2 aromatic heterocycles. The second-order valence-corrected chi connectivity index (χ2v) is 6.16. The number of pyridine rings is 1. The average Bonchev–Trinajstić information content (AvgIpc) is 2.55. The van der Waals surface area contributed by atoms with Crippen molar-refractivity contribution in [1.29, 1.82) is 0 Å². The van der Waals surface area contributed by atoms with Gasteiger partial charge < -0.3 is 15.1 Å². The van der Waals surface area contributed by atoms with Crippen LogP contribution in [0.25, 0.3) is 0 Å². The predicted octanol–water partition coefficient (Wildman–Crippen LogP) is 2.33. The summed E-state index contributed by atoms with van der Waals surface area (Å²) in [4.78, 5) is 18.2. The summed E-state index contributed by atoms with van der Waals surface area (Å²) in [6.07, 6.45) is 1.84. The van der Waals surface area contributed by atoms with Crippen LogP contribution in [0.3, 0.4) is 0 Å². The van der Waals surface area contributed by atoms with Gasteiger partial charge in [0.2, 0.25) is 5.95 Å². The largest absolute Gasteiger partial charge is 0.368 e. The monoisotopic (exact) mass is 312 g/mol. The minimum Gasteiger partial charge on any atom is -0.368 e. The molecule has 0 bridgehead atoms. The number of rotatable bonds is 4. The molecule has 0 amide bonds. The molecule has 0 spiro atoms. The van der Waals surface area contributed by atoms with Gasteiger partial charge in [-0.15, -0.1) is 0 Å². The Morgan fingerprint density at radius 2 is 1.78 bits per heavy atom. The Bertz CT molecular complexity index is 635. The number of nitrogens with zero attached hydrogens (tertiary/aromatic N) is 5. The van der Waals surface area contributed by atoms with Crippen molar-refractivity contribution in [2.24, 2.45) is 0 Å². The molecule has 1 aliphatic heterocycles. The van der Waals surface area contributed by atoms with Crippen molar-refractivity contribution in [3.05, 3.63) is 36.2 Å². The summed E-state index contributed by atoms with van der Waals surface area (Å²) in [5.74, 6) is 2.75. The topological polar surface area (TPSA) is 57.2 Å². The first kappa shape index (κ1) is 15.5. The van der Waals surface area contributed by atoms with Gasteiger partial charge in [0.15, 0.2) is 0 Å². The number of hydrogen-bond donors (Lipinski definition) is 1. The van der Waals surface area contributed by atoms with Crippen LogP contribution in [0, 0.1) is 6.92 Å². The fourth-order valence-corrected chi connectivity index (χ4v) is 2.74. The van der Waals surface area contributed by atoms with Crippen LogP contribution in [-0.2, 0) is 0 Å². The molecule has 1 N–H and O–H groups in total. The minimum absolute atomic E-state index is 0.359. The Kier molecular flexibility index (Phi) is 4.60. The van der Waals surface area contributed by atoms with Crippen LogP contribution < -0.4 is 15.1 Å². The predicted molar refractivity (Wildman–Crippen MR) is 94.2 cm³/mol. The number of nitrogens with one attached hydrogen (secondary N) is 1. The molecular weight excluding hydrogens is 288 g/mol. The van der Waals surface area contributed by atoms with Gasteiger partial charge in [-0.25, -0.2) is 9.97 Å². The van der Waals surface area contributed by atoms with E-state index in [1.807, 2.05) is 31.3 Å². The van der Waals surface area contributed by atoms with Crippen LogP contribution in [0.2, 0.25) is 0 Å². The van der Waals surface area contributed by atoms with Crippen molar-refractivity contribution < 1.29 is 0 Å². The lowest BCUT2D eigenvalue weighted by molar-refractivity contribution is 0.634. The molecule has 23 heavy (non-hydrogen) atoms. The van der Waals surface area contributed by atoms with Gasteiger partial charge in [-0.1, -0.05) is 6.07 Å². The molecule has 3 rings (SSSR count). The normalized spacial score (nSPS) is 15.1. The van der Waals surface area contributed by atoms with Crippen LogP contribution in [0.1, 0.15) is 19.5 Å². The first-order valence-electron chi connectivity index (χ1n) is 8.15. The van der Waals surface area contributed by atoms with Gasteiger partial charge in [-0.05, 0) is 32.9 Å². The second kappa shape index (κ2) is 6.81. The summed E-state index contributed by atoms with van der Waals surface area (Å²) < 4.78 is 0. The third kappa shape index (κ3) is 3.88. The second-order valence-electron chi connectivity index (χ2n) is 6.16. The molecule has 0 saturated carbocycles. The molecule has 0 unspecified atom stereocenters. The Hall–Kier alpha value is -2.37. The highest BCUT2D eigenvalue weighted by Crippen LogP contribution is 2.18. The van der Waals surface area contributed by atoms with E-state index < -0.39 is 0 Å². The quantitative estimate of drug-likeness (QED) is 0.935. The number of anilines is 3. The third-order valence-electron chi connectivity index (χ3n) is 3.81.